The van der Waals surface area contributed by atoms with E-state index in [1.807, 2.05) is 0 Å². The fraction of sp³-hybridized carbons (Fsp3) is 0.917. The molecule has 0 spiro atoms. The molecule has 0 saturated carbocycles. The van der Waals surface area contributed by atoms with Crippen LogP contribution in [0.2, 0.25) is 0 Å². The van der Waals surface area contributed by atoms with Crippen LogP contribution in [-0.2, 0) is 14.6 Å². The Balaban J connectivity index is 2.25. The van der Waals surface area contributed by atoms with E-state index in [2.05, 4.69) is 4.90 Å². The average Bonchev–Trinajstić information content (AvgIpc) is 2.46. The average molecular weight is 291 g/mol. The number of sulfone groups is 1. The van der Waals surface area contributed by atoms with Crippen LogP contribution in [0.3, 0.4) is 0 Å². The normalized spacial score (nSPS) is 23.5. The molecule has 4 N–H and O–H groups in total. The van der Waals surface area contributed by atoms with Crippen molar-refractivity contribution in [3.05, 3.63) is 0 Å². The second kappa shape index (κ2) is 6.67. The van der Waals surface area contributed by atoms with Gasteiger partial charge in [0, 0.05) is 6.54 Å². The maximum absolute atomic E-state index is 11.5. The van der Waals surface area contributed by atoms with Crippen LogP contribution >= 0.6 is 0 Å². The highest BCUT2D eigenvalue weighted by atomic mass is 32.2. The third-order valence-corrected chi connectivity index (χ3v) is 5.35. The lowest BCUT2D eigenvalue weighted by Gasteiger charge is -2.22. The van der Waals surface area contributed by atoms with Gasteiger partial charge in [0.15, 0.2) is 9.84 Å². The van der Waals surface area contributed by atoms with Crippen LogP contribution in [0.1, 0.15) is 32.6 Å². The summed E-state index contributed by atoms with van der Waals surface area (Å²) >= 11 is 0. The van der Waals surface area contributed by atoms with E-state index in [1.54, 1.807) is 6.92 Å². The van der Waals surface area contributed by atoms with Gasteiger partial charge in [0.25, 0.3) is 0 Å². The zero-order valence-corrected chi connectivity index (χ0v) is 12.4. The second-order valence-corrected chi connectivity index (χ2v) is 7.89. The smallest absolute Gasteiger partial charge is 0.237 e. The fourth-order valence-corrected chi connectivity index (χ4v) is 3.47. The van der Waals surface area contributed by atoms with Gasteiger partial charge in [0.05, 0.1) is 17.0 Å². The number of nitrogens with two attached hydrogens (primary N) is 2. The summed E-state index contributed by atoms with van der Waals surface area (Å²) in [5, 5.41) is 0. The van der Waals surface area contributed by atoms with Crippen LogP contribution < -0.4 is 11.5 Å². The van der Waals surface area contributed by atoms with Crippen molar-refractivity contribution < 1.29 is 13.2 Å². The lowest BCUT2D eigenvalue weighted by Crippen LogP contribution is -2.49. The van der Waals surface area contributed by atoms with Crippen molar-refractivity contribution in [3.8, 4) is 0 Å². The summed E-state index contributed by atoms with van der Waals surface area (Å²) < 4.78 is 22.9. The third kappa shape index (κ3) is 5.88. The fourth-order valence-electron chi connectivity index (χ4n) is 2.16. The zero-order valence-electron chi connectivity index (χ0n) is 11.6. The first-order valence-corrected chi connectivity index (χ1v) is 8.57. The van der Waals surface area contributed by atoms with E-state index in [9.17, 15) is 13.2 Å². The van der Waals surface area contributed by atoms with Crippen molar-refractivity contribution in [1.29, 1.82) is 0 Å². The summed E-state index contributed by atoms with van der Waals surface area (Å²) in [5.41, 5.74) is 10.0. The van der Waals surface area contributed by atoms with Crippen molar-refractivity contribution in [3.63, 3.8) is 0 Å². The van der Waals surface area contributed by atoms with E-state index in [0.717, 1.165) is 25.9 Å². The first-order valence-electron chi connectivity index (χ1n) is 6.74. The lowest BCUT2D eigenvalue weighted by molar-refractivity contribution is -0.122. The molecule has 1 atom stereocenters. The van der Waals surface area contributed by atoms with Crippen LogP contribution in [0.5, 0.6) is 0 Å². The Hall–Kier alpha value is -0.660. The summed E-state index contributed by atoms with van der Waals surface area (Å²) in [4.78, 5) is 13.2. The highest BCUT2D eigenvalue weighted by molar-refractivity contribution is 7.91. The van der Waals surface area contributed by atoms with E-state index in [0.29, 0.717) is 25.1 Å². The number of unbranched alkanes of at least 4 members (excludes halogenated alkanes) is 1. The molecule has 0 aromatic carbocycles. The highest BCUT2D eigenvalue weighted by Crippen LogP contribution is 2.12. The minimum atomic E-state index is -2.84. The van der Waals surface area contributed by atoms with Gasteiger partial charge in [-0.1, -0.05) is 0 Å². The van der Waals surface area contributed by atoms with Crippen LogP contribution in [0.15, 0.2) is 0 Å². The topological polar surface area (TPSA) is 106 Å². The van der Waals surface area contributed by atoms with Gasteiger partial charge in [-0.3, -0.25) is 4.79 Å². The van der Waals surface area contributed by atoms with Gasteiger partial charge in [-0.2, -0.15) is 0 Å². The lowest BCUT2D eigenvalue weighted by atomic mass is 9.95. The first kappa shape index (κ1) is 16.4. The van der Waals surface area contributed by atoms with Crippen LogP contribution in [0.25, 0.3) is 0 Å². The molecule has 1 unspecified atom stereocenters. The van der Waals surface area contributed by atoms with Crippen molar-refractivity contribution in [2.45, 2.75) is 38.1 Å². The Labute approximate surface area is 115 Å². The summed E-state index contributed by atoms with van der Waals surface area (Å²) in [6, 6.07) is 0. The molecule has 6 nitrogen and oxygen atoms in total. The maximum Gasteiger partial charge on any atom is 0.237 e. The Morgan fingerprint density at radius 1 is 1.26 bits per heavy atom. The molecule has 0 aromatic heterocycles. The van der Waals surface area contributed by atoms with Crippen molar-refractivity contribution in [2.24, 2.45) is 11.5 Å². The van der Waals surface area contributed by atoms with Gasteiger partial charge < -0.3 is 16.4 Å². The van der Waals surface area contributed by atoms with Crippen LogP contribution in [0, 0.1) is 0 Å². The quantitative estimate of drug-likeness (QED) is 0.640. The largest absolute Gasteiger partial charge is 0.368 e. The number of primary amides is 1. The standard InChI is InChI=1S/C12H25N3O3S/c1-12(14,11(13)16)5-2-3-6-15-7-4-9-19(17,18)10-8-15/h2-10,14H2,1H3,(H2,13,16). The van der Waals surface area contributed by atoms with E-state index >= 15 is 0 Å². The molecule has 0 bridgehead atoms. The molecule has 0 aromatic rings. The number of nitrogens with zero attached hydrogens (tertiary/aromatic N) is 1. The van der Waals surface area contributed by atoms with Crippen LogP contribution in [-0.4, -0.2) is 55.9 Å². The highest BCUT2D eigenvalue weighted by Gasteiger charge is 2.25. The minimum absolute atomic E-state index is 0.253. The van der Waals surface area contributed by atoms with Crippen molar-refractivity contribution in [1.82, 2.24) is 4.90 Å². The molecule has 0 aliphatic carbocycles. The van der Waals surface area contributed by atoms with Gasteiger partial charge >= 0.3 is 0 Å². The van der Waals surface area contributed by atoms with Gasteiger partial charge in [0.1, 0.15) is 0 Å². The Kier molecular flexibility index (Phi) is 5.76. The van der Waals surface area contributed by atoms with Crippen molar-refractivity contribution >= 4 is 15.7 Å². The number of rotatable bonds is 6. The minimum Gasteiger partial charge on any atom is -0.368 e. The van der Waals surface area contributed by atoms with Gasteiger partial charge in [-0.15, -0.1) is 0 Å². The molecular formula is C12H25N3O3S. The summed E-state index contributed by atoms with van der Waals surface area (Å²) in [7, 11) is -2.84. The molecule has 112 valence electrons. The summed E-state index contributed by atoms with van der Waals surface area (Å²) in [6.07, 6.45) is 2.99. The second-order valence-electron chi connectivity index (χ2n) is 5.59. The van der Waals surface area contributed by atoms with Crippen molar-refractivity contribution in [2.75, 3.05) is 31.1 Å². The Morgan fingerprint density at radius 3 is 2.58 bits per heavy atom. The van der Waals surface area contributed by atoms with Gasteiger partial charge in [-0.25, -0.2) is 8.42 Å². The Morgan fingerprint density at radius 2 is 1.95 bits per heavy atom. The number of hydrogen-bond donors (Lipinski definition) is 2. The molecule has 1 aliphatic heterocycles. The molecule has 19 heavy (non-hydrogen) atoms. The number of carbonyl (C=O) groups excluding carboxylic acids is 1. The molecule has 7 heteroatoms. The number of hydrogen-bond acceptors (Lipinski definition) is 5. The van der Waals surface area contributed by atoms with E-state index in [4.69, 9.17) is 11.5 Å². The molecule has 1 heterocycles. The maximum atomic E-state index is 11.5. The van der Waals surface area contributed by atoms with Gasteiger partial charge in [-0.05, 0) is 45.7 Å². The molecule has 1 aliphatic rings. The van der Waals surface area contributed by atoms with Gasteiger partial charge in [0.2, 0.25) is 5.91 Å². The van der Waals surface area contributed by atoms with Crippen LogP contribution in [0.4, 0.5) is 0 Å². The molecule has 0 radical (unpaired) electrons. The van der Waals surface area contributed by atoms with E-state index < -0.39 is 21.3 Å². The first-order chi connectivity index (χ1) is 8.73. The predicted molar refractivity (Wildman–Crippen MR) is 75.3 cm³/mol. The Bertz CT molecular complexity index is 406. The van der Waals surface area contributed by atoms with E-state index in [1.165, 1.54) is 0 Å². The molecule has 1 rings (SSSR count). The summed E-state index contributed by atoms with van der Waals surface area (Å²) in [5.74, 6) is 0.0722. The predicted octanol–water partition coefficient (Wildman–Crippen LogP) is -0.520. The molecule has 1 fully saturated rings. The number of carbonyl (C=O) groups is 1. The SMILES string of the molecule is CC(N)(CCCCN1CCCS(=O)(=O)CC1)C(N)=O. The van der Waals surface area contributed by atoms with E-state index in [-0.39, 0.29) is 5.75 Å². The molecule has 1 amide bonds. The zero-order chi connectivity index (χ0) is 14.5. The summed E-state index contributed by atoms with van der Waals surface area (Å²) in [6.45, 7) is 3.94. The molecular weight excluding hydrogens is 266 g/mol. The monoisotopic (exact) mass is 291 g/mol. The molecule has 1 saturated heterocycles. The number of amides is 1. The third-order valence-electron chi connectivity index (χ3n) is 3.63.